The molecule has 0 radical (unpaired) electrons. The zero-order valence-electron chi connectivity index (χ0n) is 11.8. The van der Waals surface area contributed by atoms with Gasteiger partial charge < -0.3 is 5.73 Å². The highest BCUT2D eigenvalue weighted by Crippen LogP contribution is 2.26. The average molecular weight is 281 g/mol. The molecule has 3 aromatic rings. The van der Waals surface area contributed by atoms with Crippen molar-refractivity contribution < 1.29 is 4.39 Å². The molecule has 0 fully saturated rings. The second-order valence-electron chi connectivity index (χ2n) is 4.88. The van der Waals surface area contributed by atoms with E-state index in [1.165, 1.54) is 16.3 Å². The Morgan fingerprint density at radius 2 is 1.81 bits per heavy atom. The van der Waals surface area contributed by atoms with Crippen LogP contribution in [0.4, 0.5) is 10.1 Å². The Labute approximate surface area is 122 Å². The molecule has 0 atom stereocenters. The number of aryl methyl sites for hydroxylation is 1. The average Bonchev–Trinajstić information content (AvgIpc) is 2.89. The fraction of sp³-hybridized carbons (Fsp3) is 0.118. The minimum absolute atomic E-state index is 0.326. The van der Waals surface area contributed by atoms with Gasteiger partial charge in [-0.15, -0.1) is 0 Å². The van der Waals surface area contributed by atoms with Crippen LogP contribution in [0.3, 0.4) is 0 Å². The van der Waals surface area contributed by atoms with Crippen LogP contribution in [0.25, 0.3) is 16.9 Å². The number of benzene rings is 2. The molecule has 0 saturated heterocycles. The molecule has 4 heteroatoms. The molecule has 21 heavy (non-hydrogen) atoms. The number of para-hydroxylation sites is 1. The third-order valence-corrected chi connectivity index (χ3v) is 3.48. The lowest BCUT2D eigenvalue weighted by Crippen LogP contribution is -1.98. The van der Waals surface area contributed by atoms with Gasteiger partial charge in [-0.05, 0) is 24.1 Å². The summed E-state index contributed by atoms with van der Waals surface area (Å²) in [6, 6.07) is 14.6. The summed E-state index contributed by atoms with van der Waals surface area (Å²) in [4.78, 5) is 0. The van der Waals surface area contributed by atoms with Crippen molar-refractivity contribution in [1.29, 1.82) is 0 Å². The van der Waals surface area contributed by atoms with Gasteiger partial charge in [-0.1, -0.05) is 43.3 Å². The number of halogens is 1. The zero-order chi connectivity index (χ0) is 14.8. The van der Waals surface area contributed by atoms with Gasteiger partial charge in [0.1, 0.15) is 17.2 Å². The summed E-state index contributed by atoms with van der Waals surface area (Å²) in [6.45, 7) is 2.11. The molecule has 0 amide bonds. The highest BCUT2D eigenvalue weighted by Gasteiger charge is 2.11. The number of nitrogens with two attached hydrogens (primary N) is 1. The first-order valence-electron chi connectivity index (χ1n) is 6.88. The van der Waals surface area contributed by atoms with Crippen LogP contribution in [0.2, 0.25) is 0 Å². The van der Waals surface area contributed by atoms with Crippen LogP contribution in [0.15, 0.2) is 54.7 Å². The van der Waals surface area contributed by atoms with Crippen LogP contribution in [-0.4, -0.2) is 9.78 Å². The van der Waals surface area contributed by atoms with Crippen LogP contribution in [-0.2, 0) is 6.42 Å². The van der Waals surface area contributed by atoms with E-state index in [0.717, 1.165) is 12.0 Å². The zero-order valence-corrected chi connectivity index (χ0v) is 11.8. The molecule has 0 aliphatic carbocycles. The first-order chi connectivity index (χ1) is 10.2. The molecule has 106 valence electrons. The maximum Gasteiger partial charge on any atom is 0.148 e. The Morgan fingerprint density at radius 1 is 1.10 bits per heavy atom. The first kappa shape index (κ1) is 13.4. The predicted molar refractivity (Wildman–Crippen MR) is 82.7 cm³/mol. The van der Waals surface area contributed by atoms with E-state index in [1.807, 2.05) is 12.1 Å². The molecule has 1 aromatic heterocycles. The topological polar surface area (TPSA) is 43.8 Å². The fourth-order valence-electron chi connectivity index (χ4n) is 2.27. The monoisotopic (exact) mass is 281 g/mol. The van der Waals surface area contributed by atoms with Crippen LogP contribution < -0.4 is 5.73 Å². The molecule has 3 nitrogen and oxygen atoms in total. The predicted octanol–water partition coefficient (Wildman–Crippen LogP) is 3.82. The molecular formula is C17H16FN3. The molecule has 0 aliphatic heterocycles. The van der Waals surface area contributed by atoms with Crippen LogP contribution in [0.5, 0.6) is 0 Å². The van der Waals surface area contributed by atoms with Gasteiger partial charge in [-0.2, -0.15) is 5.10 Å². The molecular weight excluding hydrogens is 265 g/mol. The van der Waals surface area contributed by atoms with E-state index in [2.05, 4.69) is 24.2 Å². The summed E-state index contributed by atoms with van der Waals surface area (Å²) in [5.74, 6) is -0.326. The maximum absolute atomic E-state index is 13.8. The highest BCUT2D eigenvalue weighted by molar-refractivity contribution is 5.72. The number of aromatic nitrogens is 2. The summed E-state index contributed by atoms with van der Waals surface area (Å²) in [6.07, 6.45) is 2.63. The fourth-order valence-corrected chi connectivity index (χ4v) is 2.27. The van der Waals surface area contributed by atoms with Gasteiger partial charge in [0.25, 0.3) is 0 Å². The van der Waals surface area contributed by atoms with E-state index in [9.17, 15) is 4.39 Å². The Hall–Kier alpha value is -2.62. The van der Waals surface area contributed by atoms with Gasteiger partial charge >= 0.3 is 0 Å². The lowest BCUT2D eigenvalue weighted by molar-refractivity contribution is 0.611. The van der Waals surface area contributed by atoms with Crippen molar-refractivity contribution in [2.75, 3.05) is 5.73 Å². The Kier molecular flexibility index (Phi) is 3.44. The molecule has 3 rings (SSSR count). The van der Waals surface area contributed by atoms with Gasteiger partial charge in [-0.3, -0.25) is 0 Å². The van der Waals surface area contributed by atoms with Crippen molar-refractivity contribution in [3.8, 4) is 16.9 Å². The number of hydrogen-bond acceptors (Lipinski definition) is 2. The quantitative estimate of drug-likeness (QED) is 0.793. The lowest BCUT2D eigenvalue weighted by Gasteiger charge is -2.02. The van der Waals surface area contributed by atoms with Gasteiger partial charge in [0.2, 0.25) is 0 Å². The number of anilines is 1. The van der Waals surface area contributed by atoms with Crippen LogP contribution in [0.1, 0.15) is 12.5 Å². The molecule has 0 saturated carbocycles. The van der Waals surface area contributed by atoms with Crippen molar-refractivity contribution in [3.05, 3.63) is 66.1 Å². The molecule has 0 unspecified atom stereocenters. The Balaban J connectivity index is 2.03. The van der Waals surface area contributed by atoms with E-state index in [0.29, 0.717) is 17.1 Å². The van der Waals surface area contributed by atoms with E-state index in [1.54, 1.807) is 24.4 Å². The van der Waals surface area contributed by atoms with Gasteiger partial charge in [0, 0.05) is 5.56 Å². The standard InChI is InChI=1S/C17H16FN3/c1-2-12-7-9-13(10-8-12)17-15(19)11-21(20-17)16-6-4-3-5-14(16)18/h3-11H,2,19H2,1H3. The molecule has 2 N–H and O–H groups in total. The summed E-state index contributed by atoms with van der Waals surface area (Å²) < 4.78 is 15.3. The third kappa shape index (κ3) is 2.52. The minimum atomic E-state index is -0.326. The normalized spacial score (nSPS) is 10.8. The second kappa shape index (κ2) is 5.40. The molecule has 0 bridgehead atoms. The van der Waals surface area contributed by atoms with Crippen molar-refractivity contribution in [2.24, 2.45) is 0 Å². The summed E-state index contributed by atoms with van der Waals surface area (Å²) in [5.41, 5.74) is 9.80. The summed E-state index contributed by atoms with van der Waals surface area (Å²) >= 11 is 0. The summed E-state index contributed by atoms with van der Waals surface area (Å²) in [7, 11) is 0. The van der Waals surface area contributed by atoms with Crippen molar-refractivity contribution in [3.63, 3.8) is 0 Å². The van der Waals surface area contributed by atoms with E-state index >= 15 is 0 Å². The van der Waals surface area contributed by atoms with Gasteiger partial charge in [-0.25, -0.2) is 9.07 Å². The van der Waals surface area contributed by atoms with Crippen molar-refractivity contribution in [2.45, 2.75) is 13.3 Å². The van der Waals surface area contributed by atoms with Gasteiger partial charge in [0.15, 0.2) is 0 Å². The molecule has 2 aromatic carbocycles. The Bertz CT molecular complexity index is 760. The van der Waals surface area contributed by atoms with E-state index < -0.39 is 0 Å². The molecule has 1 heterocycles. The number of nitrogens with zero attached hydrogens (tertiary/aromatic N) is 2. The number of nitrogen functional groups attached to an aromatic ring is 1. The Morgan fingerprint density at radius 3 is 2.48 bits per heavy atom. The van der Waals surface area contributed by atoms with E-state index in [-0.39, 0.29) is 5.82 Å². The van der Waals surface area contributed by atoms with E-state index in [4.69, 9.17) is 5.73 Å². The van der Waals surface area contributed by atoms with Crippen molar-refractivity contribution in [1.82, 2.24) is 9.78 Å². The third-order valence-electron chi connectivity index (χ3n) is 3.48. The lowest BCUT2D eigenvalue weighted by atomic mass is 10.1. The molecule has 0 spiro atoms. The van der Waals surface area contributed by atoms with Crippen LogP contribution >= 0.6 is 0 Å². The SMILES string of the molecule is CCc1ccc(-c2nn(-c3ccccc3F)cc2N)cc1. The van der Waals surface area contributed by atoms with Crippen LogP contribution in [0, 0.1) is 5.82 Å². The minimum Gasteiger partial charge on any atom is -0.396 e. The van der Waals surface area contributed by atoms with Crippen molar-refractivity contribution >= 4 is 5.69 Å². The van der Waals surface area contributed by atoms with Gasteiger partial charge in [0.05, 0.1) is 11.9 Å². The second-order valence-corrected chi connectivity index (χ2v) is 4.88. The number of hydrogen-bond donors (Lipinski definition) is 1. The largest absolute Gasteiger partial charge is 0.396 e. The number of rotatable bonds is 3. The molecule has 0 aliphatic rings. The smallest absolute Gasteiger partial charge is 0.148 e. The maximum atomic E-state index is 13.8. The first-order valence-corrected chi connectivity index (χ1v) is 6.88. The highest BCUT2D eigenvalue weighted by atomic mass is 19.1. The summed E-state index contributed by atoms with van der Waals surface area (Å²) in [5, 5.41) is 4.42.